The van der Waals surface area contributed by atoms with E-state index in [1.54, 1.807) is 54.6 Å². The standard InChI is InChI=1S/C19H18ClFN2O3.C12H14ClFN2O.C7H5ClO2.CH4/c20-16-9-8-14(11-17(16)21)22-18(24)13-5-4-10-23(12-13)19(25)26-15-6-2-1-3-7-15;13-10-4-3-9(6-11(10)14)16-12(17)8-2-1-5-15-7-8;8-10-7(9)6-4-2-1-3-5-6;/h1-3,6-9,11,13H,4-5,10,12H2,(H,22,24);3-4,6,8,15H,1-2,5,7H2,(H,16,17);1-5H;1H4/t13-;8-;;/m00../s1. The molecule has 54 heavy (non-hydrogen) atoms. The van der Waals surface area contributed by atoms with Crippen molar-refractivity contribution in [2.75, 3.05) is 36.8 Å². The molecule has 10 nitrogen and oxygen atoms in total. The highest BCUT2D eigenvalue weighted by molar-refractivity contribution is 6.31. The van der Waals surface area contributed by atoms with Crippen LogP contribution in [0.2, 0.25) is 10.0 Å². The summed E-state index contributed by atoms with van der Waals surface area (Å²) in [5.74, 6) is -1.94. The van der Waals surface area contributed by atoms with Gasteiger partial charge in [-0.2, -0.15) is 0 Å². The average molecular weight is 806 g/mol. The van der Waals surface area contributed by atoms with Gasteiger partial charge in [-0.05, 0) is 92.9 Å². The van der Waals surface area contributed by atoms with Gasteiger partial charge in [-0.15, -0.1) is 0 Å². The van der Waals surface area contributed by atoms with Crippen LogP contribution in [0.3, 0.4) is 0 Å². The molecule has 0 bridgehead atoms. The molecule has 2 fully saturated rings. The number of piperidine rings is 2. The average Bonchev–Trinajstić information content (AvgIpc) is 3.19. The molecule has 0 radical (unpaired) electrons. The highest BCUT2D eigenvalue weighted by atomic mass is 35.5. The maximum atomic E-state index is 13.5. The fraction of sp³-hybridized carbons (Fsp3) is 0.282. The molecule has 2 saturated heterocycles. The maximum absolute atomic E-state index is 13.5. The molecule has 2 heterocycles. The van der Waals surface area contributed by atoms with E-state index < -0.39 is 23.7 Å². The predicted molar refractivity (Wildman–Crippen MR) is 207 cm³/mol. The summed E-state index contributed by atoms with van der Waals surface area (Å²) in [7, 11) is 0. The van der Waals surface area contributed by atoms with Crippen LogP contribution in [-0.4, -0.2) is 55.0 Å². The number of anilines is 2. The zero-order chi connectivity index (χ0) is 38.2. The first-order valence-electron chi connectivity index (χ1n) is 16.7. The molecule has 3 amide bonds. The van der Waals surface area contributed by atoms with Crippen LogP contribution in [0.1, 0.15) is 43.5 Å². The van der Waals surface area contributed by atoms with Gasteiger partial charge in [0.15, 0.2) is 0 Å². The van der Waals surface area contributed by atoms with Gasteiger partial charge in [0.2, 0.25) is 11.8 Å². The Balaban J connectivity index is 0.000000240. The van der Waals surface area contributed by atoms with Crippen molar-refractivity contribution in [3.8, 4) is 5.75 Å². The molecule has 0 spiro atoms. The minimum Gasteiger partial charge on any atom is -0.410 e. The van der Waals surface area contributed by atoms with Crippen molar-refractivity contribution in [1.29, 1.82) is 0 Å². The van der Waals surface area contributed by atoms with Crippen LogP contribution in [0.15, 0.2) is 97.1 Å². The normalized spacial score (nSPS) is 16.1. The number of para-hydroxylation sites is 1. The van der Waals surface area contributed by atoms with Crippen LogP contribution in [0, 0.1) is 23.5 Å². The summed E-state index contributed by atoms with van der Waals surface area (Å²) in [5, 5.41) is 8.59. The Morgan fingerprint density at radius 2 is 1.28 bits per heavy atom. The number of hydrogen-bond donors (Lipinski definition) is 3. The Morgan fingerprint density at radius 1 is 0.741 bits per heavy atom. The van der Waals surface area contributed by atoms with Crippen LogP contribution in [0.5, 0.6) is 5.75 Å². The molecule has 288 valence electrons. The molecule has 4 aromatic carbocycles. The highest BCUT2D eigenvalue weighted by Crippen LogP contribution is 2.23. The number of ether oxygens (including phenoxy) is 1. The molecule has 0 aromatic heterocycles. The smallest absolute Gasteiger partial charge is 0.410 e. The second-order valence-electron chi connectivity index (χ2n) is 12.0. The summed E-state index contributed by atoms with van der Waals surface area (Å²) in [6.07, 6.45) is 2.72. The molecule has 3 N–H and O–H groups in total. The molecule has 6 rings (SSSR count). The maximum Gasteiger partial charge on any atom is 0.415 e. The van der Waals surface area contributed by atoms with Crippen molar-refractivity contribution in [2.24, 2.45) is 11.8 Å². The van der Waals surface area contributed by atoms with Crippen LogP contribution >= 0.6 is 35.1 Å². The number of amides is 3. The molecule has 0 unspecified atom stereocenters. The second kappa shape index (κ2) is 22.5. The van der Waals surface area contributed by atoms with Crippen molar-refractivity contribution in [2.45, 2.75) is 33.1 Å². The van der Waals surface area contributed by atoms with E-state index in [2.05, 4.69) is 20.2 Å². The summed E-state index contributed by atoms with van der Waals surface area (Å²) in [4.78, 5) is 48.8. The van der Waals surface area contributed by atoms with Crippen molar-refractivity contribution in [3.63, 3.8) is 0 Å². The number of likely N-dealkylation sites (tertiary alicyclic amines) is 1. The summed E-state index contributed by atoms with van der Waals surface area (Å²) in [5.41, 5.74) is 1.24. The number of carbonyl (C=O) groups is 4. The monoisotopic (exact) mass is 804 g/mol. The van der Waals surface area contributed by atoms with E-state index in [4.69, 9.17) is 39.8 Å². The van der Waals surface area contributed by atoms with Gasteiger partial charge in [0, 0.05) is 31.0 Å². The van der Waals surface area contributed by atoms with Gasteiger partial charge in [0.1, 0.15) is 29.3 Å². The van der Waals surface area contributed by atoms with Crippen molar-refractivity contribution in [3.05, 3.63) is 124 Å². The fourth-order valence-corrected chi connectivity index (χ4v) is 5.67. The lowest BCUT2D eigenvalue weighted by Gasteiger charge is -2.31. The second-order valence-corrected chi connectivity index (χ2v) is 12.9. The molecular weight excluding hydrogens is 765 g/mol. The fourth-order valence-electron chi connectivity index (χ4n) is 5.34. The molecular formula is C39H41Cl3F2N4O6. The van der Waals surface area contributed by atoms with Gasteiger partial charge in [0.05, 0.1) is 27.4 Å². The van der Waals surface area contributed by atoms with E-state index in [0.29, 0.717) is 48.6 Å². The lowest BCUT2D eigenvalue weighted by Crippen LogP contribution is -2.44. The van der Waals surface area contributed by atoms with E-state index in [0.717, 1.165) is 19.4 Å². The lowest BCUT2D eigenvalue weighted by atomic mass is 9.97. The number of benzene rings is 4. The van der Waals surface area contributed by atoms with Crippen LogP contribution < -0.4 is 20.7 Å². The largest absolute Gasteiger partial charge is 0.415 e. The highest BCUT2D eigenvalue weighted by Gasteiger charge is 2.29. The number of carbonyl (C=O) groups excluding carboxylic acids is 4. The number of nitrogens with zero attached hydrogens (tertiary/aromatic N) is 1. The third-order valence-corrected chi connectivity index (χ3v) is 8.87. The van der Waals surface area contributed by atoms with Crippen molar-refractivity contribution >= 4 is 70.3 Å². The molecule has 0 aliphatic carbocycles. The van der Waals surface area contributed by atoms with E-state index in [1.807, 2.05) is 12.1 Å². The van der Waals surface area contributed by atoms with Gasteiger partial charge in [-0.1, -0.05) is 67.0 Å². The summed E-state index contributed by atoms with van der Waals surface area (Å²) < 4.78 is 36.0. The SMILES string of the molecule is C.O=C(Nc1ccc(Cl)c(F)c1)[C@H]1CCCN(C(=O)Oc2ccccc2)C1.O=C(Nc1ccc(Cl)c(F)c1)[C@H]1CCCNC1.O=C(OCl)c1ccccc1. The number of rotatable bonds is 6. The van der Waals surface area contributed by atoms with Gasteiger partial charge < -0.3 is 29.9 Å². The third-order valence-electron chi connectivity index (χ3n) is 8.12. The third kappa shape index (κ3) is 13.9. The molecule has 4 aromatic rings. The topological polar surface area (TPSA) is 126 Å². The Hall–Kier alpha value is -4.75. The summed E-state index contributed by atoms with van der Waals surface area (Å²) in [6, 6.07) is 25.7. The zero-order valence-corrected chi connectivity index (χ0v) is 30.6. The van der Waals surface area contributed by atoms with E-state index in [9.17, 15) is 28.0 Å². The molecule has 0 saturated carbocycles. The minimum absolute atomic E-state index is 0. The number of halogens is 5. The van der Waals surface area contributed by atoms with Crippen molar-refractivity contribution < 1.29 is 37.0 Å². The predicted octanol–water partition coefficient (Wildman–Crippen LogP) is 9.38. The Bertz CT molecular complexity index is 1840. The van der Waals surface area contributed by atoms with E-state index >= 15 is 0 Å². The van der Waals surface area contributed by atoms with Crippen molar-refractivity contribution in [1.82, 2.24) is 10.2 Å². The van der Waals surface area contributed by atoms with Gasteiger partial charge in [-0.3, -0.25) is 9.59 Å². The van der Waals surface area contributed by atoms with Gasteiger partial charge in [0.25, 0.3) is 0 Å². The Labute approximate surface area is 328 Å². The van der Waals surface area contributed by atoms with Gasteiger partial charge in [-0.25, -0.2) is 18.4 Å². The van der Waals surface area contributed by atoms with E-state index in [-0.39, 0.29) is 47.7 Å². The number of nitrogens with one attached hydrogen (secondary N) is 3. The minimum atomic E-state index is -0.596. The molecule has 2 atom stereocenters. The Kier molecular flexibility index (Phi) is 18.2. The zero-order valence-electron chi connectivity index (χ0n) is 28.3. The van der Waals surface area contributed by atoms with Gasteiger partial charge >= 0.3 is 12.1 Å². The Morgan fingerprint density at radius 3 is 1.80 bits per heavy atom. The van der Waals surface area contributed by atoms with Crippen LogP contribution in [-0.2, 0) is 13.9 Å². The summed E-state index contributed by atoms with van der Waals surface area (Å²) >= 11 is 16.0. The quantitative estimate of drug-likeness (QED) is 0.177. The lowest BCUT2D eigenvalue weighted by molar-refractivity contribution is -0.121. The first-order chi connectivity index (χ1) is 25.5. The molecule has 2 aliphatic rings. The molecule has 2 aliphatic heterocycles. The molecule has 15 heteroatoms. The first-order valence-corrected chi connectivity index (χ1v) is 17.7. The first kappa shape index (κ1) is 43.7. The van der Waals surface area contributed by atoms with Crippen LogP contribution in [0.4, 0.5) is 25.0 Å². The van der Waals surface area contributed by atoms with E-state index in [1.165, 1.54) is 35.2 Å². The summed E-state index contributed by atoms with van der Waals surface area (Å²) in [6.45, 7) is 2.43. The van der Waals surface area contributed by atoms with Crippen LogP contribution in [0.25, 0.3) is 0 Å². The number of hydrogen-bond acceptors (Lipinski definition) is 7.